The zero-order valence-corrected chi connectivity index (χ0v) is 14.8. The van der Waals surface area contributed by atoms with Crippen molar-refractivity contribution in [3.05, 3.63) is 60.5 Å². The lowest BCUT2D eigenvalue weighted by Gasteiger charge is -2.30. The Morgan fingerprint density at radius 2 is 1.77 bits per heavy atom. The van der Waals surface area contributed by atoms with Gasteiger partial charge >= 0.3 is 0 Å². The molecule has 2 aromatic carbocycles. The van der Waals surface area contributed by atoms with Gasteiger partial charge in [-0.05, 0) is 24.3 Å². The molecule has 4 rings (SSSR count). The minimum absolute atomic E-state index is 0.142. The zero-order valence-electron chi connectivity index (χ0n) is 14.0. The van der Waals surface area contributed by atoms with Crippen molar-refractivity contribution >= 4 is 26.4 Å². The number of ether oxygens (including phenoxy) is 1. The van der Waals surface area contributed by atoms with Gasteiger partial charge in [0.1, 0.15) is 5.82 Å². The fourth-order valence-electron chi connectivity index (χ4n) is 3.23. The number of hydrogen-bond acceptors (Lipinski definition) is 4. The van der Waals surface area contributed by atoms with Crippen LogP contribution in [0.5, 0.6) is 0 Å². The Morgan fingerprint density at radius 3 is 2.50 bits per heavy atom. The van der Waals surface area contributed by atoms with Crippen LogP contribution in [0.15, 0.2) is 64.5 Å². The normalized spacial score (nSPS) is 15.3. The highest BCUT2D eigenvalue weighted by Gasteiger charge is 2.30. The highest BCUT2D eigenvalue weighted by atomic mass is 32.2. The summed E-state index contributed by atoms with van der Waals surface area (Å²) in [5.74, 6) is -0.408. The molecular formula is C19H18FN2O3S+. The average molecular weight is 373 g/mol. The van der Waals surface area contributed by atoms with Crippen LogP contribution in [0.1, 0.15) is 0 Å². The van der Waals surface area contributed by atoms with Gasteiger partial charge in [0.15, 0.2) is 11.1 Å². The van der Waals surface area contributed by atoms with Gasteiger partial charge in [-0.3, -0.25) is 0 Å². The van der Waals surface area contributed by atoms with Crippen molar-refractivity contribution in [1.82, 2.24) is 0 Å². The van der Waals surface area contributed by atoms with E-state index in [-0.39, 0.29) is 9.79 Å². The summed E-state index contributed by atoms with van der Waals surface area (Å²) in [4.78, 5) is 5.30. The van der Waals surface area contributed by atoms with Gasteiger partial charge in [-0.15, -0.1) is 0 Å². The van der Waals surface area contributed by atoms with E-state index in [9.17, 15) is 12.8 Å². The Hall–Kier alpha value is -2.51. The quantitative estimate of drug-likeness (QED) is 0.708. The molecule has 0 atom stereocenters. The van der Waals surface area contributed by atoms with Crippen LogP contribution >= 0.6 is 0 Å². The lowest BCUT2D eigenvalue weighted by atomic mass is 10.1. The minimum Gasteiger partial charge on any atom is -0.378 e. The van der Waals surface area contributed by atoms with E-state index in [1.54, 1.807) is 36.4 Å². The molecule has 134 valence electrons. The topological polar surface area (TPSA) is 60.8 Å². The number of aromatic amines is 1. The molecule has 0 spiro atoms. The number of fused-ring (bicyclic) bond motifs is 1. The zero-order chi connectivity index (χ0) is 18.1. The van der Waals surface area contributed by atoms with Gasteiger partial charge < -0.3 is 9.64 Å². The summed E-state index contributed by atoms with van der Waals surface area (Å²) in [5.41, 5.74) is 1.20. The van der Waals surface area contributed by atoms with Gasteiger partial charge in [-0.25, -0.2) is 17.8 Å². The monoisotopic (exact) mass is 373 g/mol. The maximum Gasteiger partial charge on any atom is 0.214 e. The SMILES string of the molecule is O=S(=O)(c1ccccc1)c1c[nH+]c2ccc(F)cc2c1N1CCOCC1. The van der Waals surface area contributed by atoms with Crippen LogP contribution < -0.4 is 9.88 Å². The largest absolute Gasteiger partial charge is 0.378 e. The van der Waals surface area contributed by atoms with E-state index < -0.39 is 15.7 Å². The molecular weight excluding hydrogens is 355 g/mol. The number of rotatable bonds is 3. The third-order valence-electron chi connectivity index (χ3n) is 4.50. The number of anilines is 1. The molecule has 3 aromatic rings. The van der Waals surface area contributed by atoms with Crippen molar-refractivity contribution in [3.63, 3.8) is 0 Å². The first-order chi connectivity index (χ1) is 12.6. The Morgan fingerprint density at radius 1 is 1.04 bits per heavy atom. The van der Waals surface area contributed by atoms with Crippen molar-refractivity contribution in [2.75, 3.05) is 31.2 Å². The molecule has 0 aliphatic carbocycles. The first-order valence-electron chi connectivity index (χ1n) is 8.34. The van der Waals surface area contributed by atoms with Crippen molar-refractivity contribution < 1.29 is 22.5 Å². The third-order valence-corrected chi connectivity index (χ3v) is 6.28. The average Bonchev–Trinajstić information content (AvgIpc) is 2.68. The summed E-state index contributed by atoms with van der Waals surface area (Å²) in [7, 11) is -3.76. The van der Waals surface area contributed by atoms with E-state index in [1.807, 2.05) is 4.90 Å². The summed E-state index contributed by atoms with van der Waals surface area (Å²) >= 11 is 0. The molecule has 0 saturated carbocycles. The van der Waals surface area contributed by atoms with E-state index in [2.05, 4.69) is 4.98 Å². The number of halogens is 1. The predicted molar refractivity (Wildman–Crippen MR) is 95.4 cm³/mol. The molecule has 0 radical (unpaired) electrons. The third kappa shape index (κ3) is 2.93. The van der Waals surface area contributed by atoms with Crippen LogP contribution in [0.25, 0.3) is 10.9 Å². The summed E-state index contributed by atoms with van der Waals surface area (Å²) in [6.45, 7) is 2.10. The summed E-state index contributed by atoms with van der Waals surface area (Å²) in [6.07, 6.45) is 1.49. The smallest absolute Gasteiger partial charge is 0.214 e. The van der Waals surface area contributed by atoms with E-state index in [4.69, 9.17) is 4.74 Å². The van der Waals surface area contributed by atoms with Crippen molar-refractivity contribution in [2.45, 2.75) is 9.79 Å². The first kappa shape index (κ1) is 16.9. The van der Waals surface area contributed by atoms with Crippen molar-refractivity contribution in [1.29, 1.82) is 0 Å². The standard InChI is InChI=1S/C19H17FN2O3S/c20-14-6-7-17-16(12-14)19(22-8-10-25-11-9-22)18(13-21-17)26(23,24)15-4-2-1-3-5-15/h1-7,12-13H,8-11H2/p+1. The number of benzene rings is 2. The molecule has 5 nitrogen and oxygen atoms in total. The molecule has 0 unspecified atom stereocenters. The van der Waals surface area contributed by atoms with Crippen LogP contribution in [0, 0.1) is 5.82 Å². The second kappa shape index (κ2) is 6.66. The molecule has 1 aromatic heterocycles. The predicted octanol–water partition coefficient (Wildman–Crippen LogP) is 2.46. The number of H-pyrrole nitrogens is 1. The number of sulfone groups is 1. The molecule has 1 N–H and O–H groups in total. The maximum absolute atomic E-state index is 13.9. The lowest BCUT2D eigenvalue weighted by Crippen LogP contribution is -2.37. The second-order valence-corrected chi connectivity index (χ2v) is 8.03. The molecule has 1 fully saturated rings. The first-order valence-corrected chi connectivity index (χ1v) is 9.82. The second-order valence-electron chi connectivity index (χ2n) is 6.11. The fourth-order valence-corrected chi connectivity index (χ4v) is 4.70. The Bertz CT molecular complexity index is 1050. The van der Waals surface area contributed by atoms with Crippen LogP contribution in [-0.2, 0) is 14.6 Å². The van der Waals surface area contributed by atoms with Gasteiger partial charge in [0.25, 0.3) is 0 Å². The van der Waals surface area contributed by atoms with Gasteiger partial charge in [0, 0.05) is 19.2 Å². The van der Waals surface area contributed by atoms with Crippen molar-refractivity contribution in [2.24, 2.45) is 0 Å². The molecule has 0 bridgehead atoms. The molecule has 2 heterocycles. The van der Waals surface area contributed by atoms with Crippen LogP contribution in [-0.4, -0.2) is 34.7 Å². The van der Waals surface area contributed by atoms with Gasteiger partial charge in [0.05, 0.1) is 29.2 Å². The fraction of sp³-hybridized carbons (Fsp3) is 0.211. The number of pyridine rings is 1. The van der Waals surface area contributed by atoms with E-state index in [0.29, 0.717) is 42.9 Å². The molecule has 1 aliphatic rings. The molecule has 0 amide bonds. The lowest BCUT2D eigenvalue weighted by molar-refractivity contribution is -0.347. The van der Waals surface area contributed by atoms with Crippen LogP contribution in [0.4, 0.5) is 10.1 Å². The van der Waals surface area contributed by atoms with Crippen LogP contribution in [0.3, 0.4) is 0 Å². The Balaban J connectivity index is 2.00. The summed E-state index contributed by atoms with van der Waals surface area (Å²) in [6, 6.07) is 12.6. The number of morpholine rings is 1. The minimum atomic E-state index is -3.76. The van der Waals surface area contributed by atoms with Crippen LogP contribution in [0.2, 0.25) is 0 Å². The molecule has 26 heavy (non-hydrogen) atoms. The summed E-state index contributed by atoms with van der Waals surface area (Å²) < 4.78 is 45.8. The number of nitrogens with one attached hydrogen (secondary N) is 1. The molecule has 7 heteroatoms. The number of aromatic nitrogens is 1. The van der Waals surface area contributed by atoms with Gasteiger partial charge in [-0.2, -0.15) is 0 Å². The van der Waals surface area contributed by atoms with Gasteiger partial charge in [-0.1, -0.05) is 18.2 Å². The van der Waals surface area contributed by atoms with Gasteiger partial charge in [0.2, 0.25) is 15.4 Å². The Labute approximate surface area is 151 Å². The number of nitrogens with zero attached hydrogens (tertiary/aromatic N) is 1. The Kier molecular flexibility index (Phi) is 4.34. The van der Waals surface area contributed by atoms with E-state index in [1.165, 1.54) is 18.3 Å². The summed E-state index contributed by atoms with van der Waals surface area (Å²) in [5, 5.41) is 0.545. The van der Waals surface area contributed by atoms with Crippen molar-refractivity contribution in [3.8, 4) is 0 Å². The molecule has 1 aliphatic heterocycles. The highest BCUT2D eigenvalue weighted by Crippen LogP contribution is 2.35. The molecule has 1 saturated heterocycles. The highest BCUT2D eigenvalue weighted by molar-refractivity contribution is 7.91. The van der Waals surface area contributed by atoms with E-state index in [0.717, 1.165) is 0 Å². The number of hydrogen-bond donors (Lipinski definition) is 0. The maximum atomic E-state index is 13.9. The van der Waals surface area contributed by atoms with E-state index >= 15 is 0 Å².